The van der Waals surface area contributed by atoms with Crippen LogP contribution in [0.15, 0.2) is 53.5 Å². The van der Waals surface area contributed by atoms with Crippen molar-refractivity contribution in [1.82, 2.24) is 4.90 Å². The first-order valence-electron chi connectivity index (χ1n) is 7.61. The van der Waals surface area contributed by atoms with Gasteiger partial charge in [0.05, 0.1) is 0 Å². The van der Waals surface area contributed by atoms with E-state index in [1.54, 1.807) is 0 Å². The monoisotopic (exact) mass is 340 g/mol. The maximum absolute atomic E-state index is 13.1. The summed E-state index contributed by atoms with van der Waals surface area (Å²) in [5.41, 5.74) is 2.25. The number of benzene rings is 2. The van der Waals surface area contributed by atoms with E-state index < -0.39 is 5.66 Å². The summed E-state index contributed by atoms with van der Waals surface area (Å²) in [6.07, 6.45) is 0. The highest BCUT2D eigenvalue weighted by atomic mass is 32.1. The van der Waals surface area contributed by atoms with Crippen LogP contribution < -0.4 is 0 Å². The van der Waals surface area contributed by atoms with Crippen LogP contribution in [0.25, 0.3) is 0 Å². The number of thiocarbonyl (C=S) groups is 1. The predicted octanol–water partition coefficient (Wildman–Crippen LogP) is 4.14. The highest BCUT2D eigenvalue weighted by Gasteiger charge is 2.42. The Hall–Kier alpha value is -2.40. The lowest BCUT2D eigenvalue weighted by Crippen LogP contribution is -2.46. The van der Waals surface area contributed by atoms with E-state index >= 15 is 0 Å². The first-order valence-corrected chi connectivity index (χ1v) is 8.02. The van der Waals surface area contributed by atoms with Gasteiger partial charge < -0.3 is 0 Å². The minimum absolute atomic E-state index is 0.282. The molecule has 1 aliphatic heterocycles. The molecule has 3 rings (SSSR count). The van der Waals surface area contributed by atoms with Gasteiger partial charge in [-0.1, -0.05) is 42.0 Å². The highest BCUT2D eigenvalue weighted by Crippen LogP contribution is 2.29. The molecule has 0 fully saturated rings. The topological polar surface area (TPSA) is 32.7 Å². The zero-order valence-electron chi connectivity index (χ0n) is 13.7. The second-order valence-corrected chi connectivity index (χ2v) is 6.66. The molecule has 3 nitrogen and oxygen atoms in total. The molecule has 122 valence electrons. The van der Waals surface area contributed by atoms with Gasteiger partial charge in [-0.2, -0.15) is 0 Å². The first kappa shape index (κ1) is 16.5. The molecule has 0 N–H and O–H groups in total. The van der Waals surface area contributed by atoms with E-state index in [9.17, 15) is 9.18 Å². The Labute approximate surface area is 145 Å². The summed E-state index contributed by atoms with van der Waals surface area (Å²) in [4.78, 5) is 19.4. The van der Waals surface area contributed by atoms with Crippen LogP contribution in [-0.2, 0) is 0 Å². The molecule has 1 heterocycles. The number of halogens is 1. The Balaban J connectivity index is 1.96. The second-order valence-electron chi connectivity index (χ2n) is 6.27. The van der Waals surface area contributed by atoms with Gasteiger partial charge in [0.25, 0.3) is 5.91 Å². The van der Waals surface area contributed by atoms with Crippen LogP contribution in [0.1, 0.15) is 35.3 Å². The molecular formula is C19H17FN2OS. The van der Waals surface area contributed by atoms with Gasteiger partial charge in [0.1, 0.15) is 22.2 Å². The summed E-state index contributed by atoms with van der Waals surface area (Å²) in [5, 5.41) is 0. The number of amides is 1. The van der Waals surface area contributed by atoms with E-state index in [1.807, 2.05) is 45.0 Å². The minimum atomic E-state index is -0.789. The molecule has 0 saturated heterocycles. The fourth-order valence-electron chi connectivity index (χ4n) is 2.69. The molecule has 2 aromatic carbocycles. The van der Waals surface area contributed by atoms with Crippen molar-refractivity contribution in [3.63, 3.8) is 0 Å². The van der Waals surface area contributed by atoms with E-state index in [2.05, 4.69) is 4.99 Å². The number of nitrogens with zero attached hydrogens (tertiary/aromatic N) is 2. The van der Waals surface area contributed by atoms with Gasteiger partial charge in [0.2, 0.25) is 0 Å². The van der Waals surface area contributed by atoms with Gasteiger partial charge in [0.15, 0.2) is 0 Å². The fourth-order valence-corrected chi connectivity index (χ4v) is 3.16. The summed E-state index contributed by atoms with van der Waals surface area (Å²) in [6.45, 7) is 5.68. The van der Waals surface area contributed by atoms with Crippen molar-refractivity contribution in [2.45, 2.75) is 26.4 Å². The number of aryl methyl sites for hydroxylation is 1. The van der Waals surface area contributed by atoms with Crippen molar-refractivity contribution in [3.05, 3.63) is 71.0 Å². The van der Waals surface area contributed by atoms with Crippen LogP contribution in [0.4, 0.5) is 4.39 Å². The van der Waals surface area contributed by atoms with Crippen molar-refractivity contribution in [3.8, 4) is 0 Å². The summed E-state index contributed by atoms with van der Waals surface area (Å²) < 4.78 is 13.1. The molecule has 0 radical (unpaired) electrons. The lowest BCUT2D eigenvalue weighted by molar-refractivity contribution is 0.0758. The van der Waals surface area contributed by atoms with Crippen LogP contribution in [0.2, 0.25) is 0 Å². The Morgan fingerprint density at radius 2 is 1.67 bits per heavy atom. The lowest BCUT2D eigenvalue weighted by atomic mass is 10.1. The second kappa shape index (κ2) is 5.91. The van der Waals surface area contributed by atoms with Gasteiger partial charge in [-0.25, -0.2) is 4.39 Å². The molecule has 0 unspecified atom stereocenters. The number of carbonyl (C=O) groups is 1. The maximum atomic E-state index is 13.1. The third kappa shape index (κ3) is 2.87. The summed E-state index contributed by atoms with van der Waals surface area (Å²) in [6, 6.07) is 13.3. The largest absolute Gasteiger partial charge is 0.272 e. The lowest BCUT2D eigenvalue weighted by Gasteiger charge is -2.29. The smallest absolute Gasteiger partial charge is 0.260 e. The van der Waals surface area contributed by atoms with Crippen molar-refractivity contribution >= 4 is 28.8 Å². The molecule has 0 saturated carbocycles. The Morgan fingerprint density at radius 3 is 2.25 bits per heavy atom. The molecular weight excluding hydrogens is 323 g/mol. The van der Waals surface area contributed by atoms with E-state index in [4.69, 9.17) is 12.2 Å². The molecule has 5 heteroatoms. The van der Waals surface area contributed by atoms with Crippen LogP contribution in [0.5, 0.6) is 0 Å². The third-order valence-corrected chi connectivity index (χ3v) is 4.33. The van der Waals surface area contributed by atoms with E-state index in [1.165, 1.54) is 29.2 Å². The molecule has 24 heavy (non-hydrogen) atoms. The van der Waals surface area contributed by atoms with Crippen LogP contribution in [0, 0.1) is 12.7 Å². The molecule has 1 aliphatic rings. The molecule has 2 aromatic rings. The van der Waals surface area contributed by atoms with E-state index in [0.717, 1.165) is 11.1 Å². The summed E-state index contributed by atoms with van der Waals surface area (Å²) in [7, 11) is 0. The average Bonchev–Trinajstić information content (AvgIpc) is 2.78. The normalized spacial score (nSPS) is 16.2. The van der Waals surface area contributed by atoms with Gasteiger partial charge in [0, 0.05) is 11.1 Å². The van der Waals surface area contributed by atoms with Gasteiger partial charge >= 0.3 is 0 Å². The number of carbonyl (C=O) groups excluding carboxylic acids is 1. The maximum Gasteiger partial charge on any atom is 0.260 e. The molecule has 0 aromatic heterocycles. The minimum Gasteiger partial charge on any atom is -0.272 e. The number of hydrogen-bond acceptors (Lipinski definition) is 3. The predicted molar refractivity (Wildman–Crippen MR) is 97.0 cm³/mol. The van der Waals surface area contributed by atoms with Crippen molar-refractivity contribution in [2.24, 2.45) is 4.99 Å². The van der Waals surface area contributed by atoms with Crippen molar-refractivity contribution in [1.29, 1.82) is 0 Å². The molecule has 0 spiro atoms. The highest BCUT2D eigenvalue weighted by molar-refractivity contribution is 7.82. The van der Waals surface area contributed by atoms with Crippen LogP contribution in [-0.4, -0.2) is 27.2 Å². The number of hydrogen-bond donors (Lipinski definition) is 0. The summed E-state index contributed by atoms with van der Waals surface area (Å²) >= 11 is 5.53. The van der Waals surface area contributed by atoms with Gasteiger partial charge in [-0.15, -0.1) is 0 Å². The Bertz CT molecular complexity index is 839. The molecule has 0 aliphatic carbocycles. The standard InChI is InChI=1S/C19H17FN2OS/c1-12-4-6-13(7-5-12)16-18(24)22(19(2,3)21-16)17(23)14-8-10-15(20)11-9-14/h4-11H,1-3H3. The quantitative estimate of drug-likeness (QED) is 0.770. The van der Waals surface area contributed by atoms with Crippen LogP contribution in [0.3, 0.4) is 0 Å². The first-order chi connectivity index (χ1) is 11.3. The van der Waals surface area contributed by atoms with Gasteiger partial charge in [-0.05, 0) is 45.0 Å². The Kier molecular flexibility index (Phi) is 4.05. The summed E-state index contributed by atoms with van der Waals surface area (Å²) in [5.74, 6) is -0.665. The van der Waals surface area contributed by atoms with Crippen LogP contribution >= 0.6 is 12.2 Å². The van der Waals surface area contributed by atoms with Crippen molar-refractivity contribution < 1.29 is 9.18 Å². The van der Waals surface area contributed by atoms with Crippen molar-refractivity contribution in [2.75, 3.05) is 0 Å². The number of aliphatic imine (C=N–C) groups is 1. The zero-order chi connectivity index (χ0) is 17.5. The third-order valence-electron chi connectivity index (χ3n) is 3.96. The fraction of sp³-hybridized carbons (Fsp3) is 0.211. The van der Waals surface area contributed by atoms with E-state index in [-0.39, 0.29) is 11.7 Å². The molecule has 1 amide bonds. The number of rotatable bonds is 2. The zero-order valence-corrected chi connectivity index (χ0v) is 14.5. The molecule has 0 atom stereocenters. The van der Waals surface area contributed by atoms with E-state index in [0.29, 0.717) is 16.3 Å². The SMILES string of the molecule is Cc1ccc(C2=NC(C)(C)N(C(=O)c3ccc(F)cc3)C2=S)cc1. The average molecular weight is 340 g/mol. The molecule has 0 bridgehead atoms. The van der Waals surface area contributed by atoms with Gasteiger partial charge in [-0.3, -0.25) is 14.7 Å². The Morgan fingerprint density at radius 1 is 1.08 bits per heavy atom.